The van der Waals surface area contributed by atoms with E-state index >= 15 is 0 Å². The minimum atomic E-state index is -3.72. The van der Waals surface area contributed by atoms with Gasteiger partial charge in [-0.1, -0.05) is 38.5 Å². The molecule has 1 aliphatic heterocycles. The zero-order chi connectivity index (χ0) is 22.1. The van der Waals surface area contributed by atoms with Gasteiger partial charge in [0.1, 0.15) is 11.9 Å². The number of amides is 1. The number of sulfonamides is 1. The van der Waals surface area contributed by atoms with Crippen molar-refractivity contribution < 1.29 is 21.6 Å². The van der Waals surface area contributed by atoms with Crippen LogP contribution in [-0.4, -0.2) is 40.9 Å². The number of hydrogen-bond donors (Lipinski definition) is 2. The van der Waals surface area contributed by atoms with Gasteiger partial charge in [-0.05, 0) is 36.2 Å². The van der Waals surface area contributed by atoms with E-state index in [9.17, 15) is 21.6 Å². The van der Waals surface area contributed by atoms with Crippen molar-refractivity contribution in [1.29, 1.82) is 0 Å². The molecule has 0 saturated carbocycles. The first-order valence-corrected chi connectivity index (χ1v) is 12.7. The van der Waals surface area contributed by atoms with E-state index in [4.69, 9.17) is 0 Å². The lowest BCUT2D eigenvalue weighted by Crippen LogP contribution is -2.34. The van der Waals surface area contributed by atoms with E-state index in [1.165, 1.54) is 24.3 Å². The molecule has 0 spiro atoms. The molecule has 0 radical (unpaired) electrons. The van der Waals surface area contributed by atoms with E-state index < -0.39 is 31.8 Å². The number of carbonyl (C=O) groups excluding carboxylic acids is 1. The summed E-state index contributed by atoms with van der Waals surface area (Å²) in [4.78, 5) is 17.6. The minimum Gasteiger partial charge on any atom is -0.324 e. The Labute approximate surface area is 176 Å². The predicted molar refractivity (Wildman–Crippen MR) is 115 cm³/mol. The fourth-order valence-corrected chi connectivity index (χ4v) is 4.96. The van der Waals surface area contributed by atoms with Crippen molar-refractivity contribution in [3.05, 3.63) is 54.1 Å². The fourth-order valence-electron chi connectivity index (χ4n) is 3.06. The highest BCUT2D eigenvalue weighted by Crippen LogP contribution is 2.24. The number of sulfone groups is 1. The second kappa shape index (κ2) is 8.19. The summed E-state index contributed by atoms with van der Waals surface area (Å²) in [5.74, 6) is -0.519. The maximum atomic E-state index is 13.0. The number of fused-ring (bicyclic) bond motifs is 1. The maximum absolute atomic E-state index is 13.0. The molecule has 0 aromatic heterocycles. The second-order valence-electron chi connectivity index (χ2n) is 7.20. The van der Waals surface area contributed by atoms with Crippen LogP contribution in [0.1, 0.15) is 25.8 Å². The van der Waals surface area contributed by atoms with Crippen molar-refractivity contribution in [2.45, 2.75) is 36.1 Å². The third-order valence-electron chi connectivity index (χ3n) is 4.91. The maximum Gasteiger partial charge on any atom is 0.263 e. The highest BCUT2D eigenvalue weighted by Gasteiger charge is 2.33. The summed E-state index contributed by atoms with van der Waals surface area (Å²) >= 11 is 0. The SMILES string of the molecule is CC[C@H](C)[C@H](N=C1NS(=O)(=O)c2ccccc21)C(=O)Nc1cccc(S(C)(=O)=O)c1. The molecule has 2 N–H and O–H groups in total. The van der Waals surface area contributed by atoms with E-state index in [0.29, 0.717) is 17.7 Å². The Bertz CT molecular complexity index is 1220. The van der Waals surface area contributed by atoms with Gasteiger partial charge in [-0.2, -0.15) is 0 Å². The average molecular weight is 450 g/mol. The van der Waals surface area contributed by atoms with Crippen molar-refractivity contribution >= 4 is 37.3 Å². The van der Waals surface area contributed by atoms with Crippen molar-refractivity contribution in [3.8, 4) is 0 Å². The molecule has 2 aromatic carbocycles. The van der Waals surface area contributed by atoms with E-state index in [2.05, 4.69) is 15.0 Å². The third kappa shape index (κ3) is 4.54. The molecule has 2 atom stereocenters. The smallest absolute Gasteiger partial charge is 0.263 e. The Morgan fingerprint density at radius 1 is 1.17 bits per heavy atom. The largest absolute Gasteiger partial charge is 0.324 e. The number of aliphatic imine (C=N–C) groups is 1. The van der Waals surface area contributed by atoms with Crippen LogP contribution in [0.4, 0.5) is 5.69 Å². The fraction of sp³-hybridized carbons (Fsp3) is 0.300. The minimum absolute atomic E-state index is 0.0872. The molecule has 1 heterocycles. The lowest BCUT2D eigenvalue weighted by Gasteiger charge is -2.19. The number of nitrogens with zero attached hydrogens (tertiary/aromatic N) is 1. The van der Waals surface area contributed by atoms with Gasteiger partial charge >= 0.3 is 0 Å². The van der Waals surface area contributed by atoms with Crippen LogP contribution in [0.3, 0.4) is 0 Å². The van der Waals surface area contributed by atoms with Gasteiger partial charge in [0.15, 0.2) is 9.84 Å². The number of carbonyl (C=O) groups is 1. The van der Waals surface area contributed by atoms with Crippen LogP contribution in [0.25, 0.3) is 0 Å². The van der Waals surface area contributed by atoms with Crippen LogP contribution in [0, 0.1) is 5.92 Å². The molecule has 0 aliphatic carbocycles. The summed E-state index contributed by atoms with van der Waals surface area (Å²) in [6, 6.07) is 11.5. The second-order valence-corrected chi connectivity index (χ2v) is 10.9. The van der Waals surface area contributed by atoms with Gasteiger partial charge in [-0.3, -0.25) is 14.5 Å². The standard InChI is InChI=1S/C20H23N3O5S2/c1-4-13(2)18(20(24)21-14-8-7-9-15(12-14)29(3,25)26)22-19-16-10-5-6-11-17(16)30(27,28)23-19/h5-13,18H,4H2,1-3H3,(H,21,24)(H,22,23)/t13-,18-/m0/s1. The summed E-state index contributed by atoms with van der Waals surface area (Å²) in [6.07, 6.45) is 1.72. The Morgan fingerprint density at radius 2 is 1.87 bits per heavy atom. The number of anilines is 1. The normalized spacial score (nSPS) is 18.3. The molecule has 2 aromatic rings. The molecule has 30 heavy (non-hydrogen) atoms. The van der Waals surface area contributed by atoms with Gasteiger partial charge in [0, 0.05) is 17.5 Å². The monoisotopic (exact) mass is 449 g/mol. The average Bonchev–Trinajstić information content (AvgIpc) is 2.95. The van der Waals surface area contributed by atoms with Gasteiger partial charge in [-0.25, -0.2) is 16.8 Å². The summed E-state index contributed by atoms with van der Waals surface area (Å²) in [5.41, 5.74) is 0.738. The number of rotatable bonds is 6. The van der Waals surface area contributed by atoms with E-state index in [1.54, 1.807) is 24.3 Å². The van der Waals surface area contributed by atoms with Crippen LogP contribution < -0.4 is 10.0 Å². The van der Waals surface area contributed by atoms with E-state index in [0.717, 1.165) is 6.26 Å². The van der Waals surface area contributed by atoms with Crippen molar-refractivity contribution in [2.75, 3.05) is 11.6 Å². The van der Waals surface area contributed by atoms with E-state index in [1.807, 2.05) is 13.8 Å². The Kier molecular flexibility index (Phi) is 6.00. The molecular formula is C20H23N3O5S2. The van der Waals surface area contributed by atoms with Crippen LogP contribution in [0.5, 0.6) is 0 Å². The highest BCUT2D eigenvalue weighted by atomic mass is 32.2. The molecule has 160 valence electrons. The number of amidine groups is 1. The summed E-state index contributed by atoms with van der Waals surface area (Å²) in [5, 5.41) is 2.70. The molecule has 3 rings (SSSR count). The molecule has 0 fully saturated rings. The summed E-state index contributed by atoms with van der Waals surface area (Å²) < 4.78 is 50.6. The lowest BCUT2D eigenvalue weighted by atomic mass is 9.98. The summed E-state index contributed by atoms with van der Waals surface area (Å²) in [7, 11) is -7.14. The molecule has 10 heteroatoms. The van der Waals surface area contributed by atoms with Crippen molar-refractivity contribution in [1.82, 2.24) is 4.72 Å². The van der Waals surface area contributed by atoms with Crippen LogP contribution >= 0.6 is 0 Å². The molecule has 0 unspecified atom stereocenters. The molecule has 0 saturated heterocycles. The van der Waals surface area contributed by atoms with Crippen LogP contribution in [-0.2, 0) is 24.7 Å². The number of nitrogens with one attached hydrogen (secondary N) is 2. The predicted octanol–water partition coefficient (Wildman–Crippen LogP) is 2.18. The van der Waals surface area contributed by atoms with Gasteiger partial charge in [-0.15, -0.1) is 0 Å². The zero-order valence-corrected chi connectivity index (χ0v) is 18.4. The Morgan fingerprint density at radius 3 is 2.53 bits per heavy atom. The molecule has 8 nitrogen and oxygen atoms in total. The zero-order valence-electron chi connectivity index (χ0n) is 16.8. The van der Waals surface area contributed by atoms with Gasteiger partial charge < -0.3 is 5.32 Å². The number of hydrogen-bond acceptors (Lipinski definition) is 6. The molecule has 0 bridgehead atoms. The number of benzene rings is 2. The Balaban J connectivity index is 1.95. The van der Waals surface area contributed by atoms with Crippen molar-refractivity contribution in [3.63, 3.8) is 0 Å². The topological polar surface area (TPSA) is 122 Å². The molecule has 1 aliphatic rings. The summed E-state index contributed by atoms with van der Waals surface area (Å²) in [6.45, 7) is 3.75. The van der Waals surface area contributed by atoms with E-state index in [-0.39, 0.29) is 21.5 Å². The van der Waals surface area contributed by atoms with Crippen LogP contribution in [0.2, 0.25) is 0 Å². The third-order valence-corrected chi connectivity index (χ3v) is 7.42. The highest BCUT2D eigenvalue weighted by molar-refractivity contribution is 7.91. The van der Waals surface area contributed by atoms with Gasteiger partial charge in [0.2, 0.25) is 5.91 Å². The van der Waals surface area contributed by atoms with Gasteiger partial charge in [0.25, 0.3) is 10.0 Å². The van der Waals surface area contributed by atoms with Crippen LogP contribution in [0.15, 0.2) is 63.3 Å². The lowest BCUT2D eigenvalue weighted by molar-refractivity contribution is -0.118. The molecular weight excluding hydrogens is 426 g/mol. The first-order valence-electron chi connectivity index (χ1n) is 9.34. The van der Waals surface area contributed by atoms with Gasteiger partial charge in [0.05, 0.1) is 9.79 Å². The first-order chi connectivity index (χ1) is 14.0. The van der Waals surface area contributed by atoms with Crippen molar-refractivity contribution in [2.24, 2.45) is 10.9 Å². The quantitative estimate of drug-likeness (QED) is 0.700. The first kappa shape index (κ1) is 22.0. The molecule has 1 amide bonds. The Hall–Kier alpha value is -2.72.